The van der Waals surface area contributed by atoms with E-state index < -0.39 is 0 Å². The van der Waals surface area contributed by atoms with Crippen LogP contribution in [0.25, 0.3) is 0 Å². The number of benzene rings is 1. The number of nitrogens with zero attached hydrogens (tertiary/aromatic N) is 1. The quantitative estimate of drug-likeness (QED) is 0.380. The molecule has 1 heterocycles. The summed E-state index contributed by atoms with van der Waals surface area (Å²) in [6.45, 7) is 3.49. The summed E-state index contributed by atoms with van der Waals surface area (Å²) in [6, 6.07) is 5.25. The van der Waals surface area contributed by atoms with E-state index in [0.29, 0.717) is 29.7 Å². The molecule has 0 unspecified atom stereocenters. The second-order valence-electron chi connectivity index (χ2n) is 5.44. The minimum atomic E-state index is 0.164. The lowest BCUT2D eigenvalue weighted by molar-refractivity contribution is 0.277. The van der Waals surface area contributed by atoms with E-state index in [0.717, 1.165) is 30.2 Å². The molecule has 0 N–H and O–H groups in total. The topological polar surface area (TPSA) is 40.6 Å². The van der Waals surface area contributed by atoms with E-state index in [-0.39, 0.29) is 11.1 Å². The lowest BCUT2D eigenvalue weighted by Gasteiger charge is -2.10. The monoisotopic (exact) mass is 435 g/mol. The fourth-order valence-corrected chi connectivity index (χ4v) is 3.05. The number of halogens is 3. The van der Waals surface area contributed by atoms with Crippen molar-refractivity contribution in [2.75, 3.05) is 19.8 Å². The van der Waals surface area contributed by atoms with Crippen molar-refractivity contribution < 1.29 is 14.2 Å². The maximum Gasteiger partial charge on any atom is 0.273 e. The Hall–Kier alpha value is -1.14. The average Bonchev–Trinajstić information content (AvgIpc) is 2.98. The van der Waals surface area contributed by atoms with Gasteiger partial charge in [0.25, 0.3) is 5.19 Å². The number of aryl methyl sites for hydroxylation is 1. The van der Waals surface area contributed by atoms with E-state index in [4.69, 9.17) is 49.0 Å². The first-order chi connectivity index (χ1) is 12.5. The second kappa shape index (κ2) is 11.5. The Balaban J connectivity index is 1.63. The van der Waals surface area contributed by atoms with Crippen molar-refractivity contribution >= 4 is 46.1 Å². The van der Waals surface area contributed by atoms with Gasteiger partial charge < -0.3 is 14.2 Å². The standard InChI is InChI=1S/C18H20Cl3NO3S/c1-13-12-26-18(22-13)25-7-4-2-3-6-23-15-9-14(19)10-16(11-15)24-8-5-17(20)21/h5,9-12H,2-4,6-8H2,1H3. The van der Waals surface area contributed by atoms with E-state index >= 15 is 0 Å². The highest BCUT2D eigenvalue weighted by atomic mass is 35.5. The number of unbranched alkanes of at least 4 members (excludes halogenated alkanes) is 2. The summed E-state index contributed by atoms with van der Waals surface area (Å²) < 4.78 is 17.0. The Bertz CT molecular complexity index is 717. The molecule has 0 saturated carbocycles. The largest absolute Gasteiger partial charge is 0.493 e. The van der Waals surface area contributed by atoms with Crippen LogP contribution in [0.1, 0.15) is 25.0 Å². The van der Waals surface area contributed by atoms with Crippen molar-refractivity contribution in [2.45, 2.75) is 26.2 Å². The molecule has 142 valence electrons. The molecule has 0 bridgehead atoms. The Labute approximate surface area is 172 Å². The first kappa shape index (κ1) is 21.2. The number of rotatable bonds is 11. The van der Waals surface area contributed by atoms with Gasteiger partial charge in [-0.2, -0.15) is 0 Å². The third-order valence-corrected chi connectivity index (χ3v) is 4.61. The van der Waals surface area contributed by atoms with Crippen LogP contribution in [0.3, 0.4) is 0 Å². The van der Waals surface area contributed by atoms with Crippen molar-refractivity contribution in [1.82, 2.24) is 4.98 Å². The Kier molecular flexibility index (Phi) is 9.40. The summed E-state index contributed by atoms with van der Waals surface area (Å²) in [5.74, 6) is 1.27. The van der Waals surface area contributed by atoms with Gasteiger partial charge in [-0.1, -0.05) is 46.1 Å². The van der Waals surface area contributed by atoms with Gasteiger partial charge >= 0.3 is 0 Å². The lowest BCUT2D eigenvalue weighted by atomic mass is 10.2. The molecule has 4 nitrogen and oxygen atoms in total. The normalized spacial score (nSPS) is 10.5. The van der Waals surface area contributed by atoms with Gasteiger partial charge in [0.1, 0.15) is 22.6 Å². The van der Waals surface area contributed by atoms with Crippen LogP contribution < -0.4 is 14.2 Å². The van der Waals surface area contributed by atoms with Gasteiger partial charge in [-0.15, -0.1) is 0 Å². The van der Waals surface area contributed by atoms with Crippen molar-refractivity contribution in [3.63, 3.8) is 0 Å². The molecular formula is C18H20Cl3NO3S. The van der Waals surface area contributed by atoms with Crippen molar-refractivity contribution in [3.05, 3.63) is 44.9 Å². The molecule has 0 aliphatic carbocycles. The molecule has 0 fully saturated rings. The molecule has 1 aromatic carbocycles. The van der Waals surface area contributed by atoms with Crippen LogP contribution >= 0.6 is 46.1 Å². The zero-order valence-corrected chi connectivity index (χ0v) is 17.4. The third-order valence-electron chi connectivity index (χ3n) is 3.21. The van der Waals surface area contributed by atoms with Gasteiger partial charge in [-0.3, -0.25) is 0 Å². The molecular weight excluding hydrogens is 417 g/mol. The van der Waals surface area contributed by atoms with Crippen LogP contribution in [0.4, 0.5) is 0 Å². The molecule has 0 amide bonds. The van der Waals surface area contributed by atoms with E-state index in [2.05, 4.69) is 4.98 Å². The molecule has 0 spiro atoms. The maximum absolute atomic E-state index is 6.08. The predicted octanol–water partition coefficient (Wildman–Crippen LogP) is 6.43. The molecule has 26 heavy (non-hydrogen) atoms. The van der Waals surface area contributed by atoms with E-state index in [1.165, 1.54) is 11.3 Å². The minimum absolute atomic E-state index is 0.164. The SMILES string of the molecule is Cc1csc(OCCCCCOc2cc(Cl)cc(OCC=C(Cl)Cl)c2)n1. The van der Waals surface area contributed by atoms with Gasteiger partial charge in [0.15, 0.2) is 0 Å². The van der Waals surface area contributed by atoms with E-state index in [1.807, 2.05) is 12.3 Å². The summed E-state index contributed by atoms with van der Waals surface area (Å²) in [6.07, 6.45) is 4.44. The first-order valence-electron chi connectivity index (χ1n) is 8.15. The van der Waals surface area contributed by atoms with Crippen molar-refractivity contribution in [3.8, 4) is 16.7 Å². The van der Waals surface area contributed by atoms with Crippen molar-refractivity contribution in [1.29, 1.82) is 0 Å². The van der Waals surface area contributed by atoms with Gasteiger partial charge in [-0.25, -0.2) is 4.98 Å². The van der Waals surface area contributed by atoms with E-state index in [9.17, 15) is 0 Å². The molecule has 0 saturated heterocycles. The summed E-state index contributed by atoms with van der Waals surface area (Å²) >= 11 is 18.7. The van der Waals surface area contributed by atoms with Crippen LogP contribution in [0.15, 0.2) is 34.1 Å². The number of thiazole rings is 1. The molecule has 1 aromatic heterocycles. The van der Waals surface area contributed by atoms with Gasteiger partial charge in [0.05, 0.1) is 18.9 Å². The molecule has 0 aliphatic rings. The summed E-state index contributed by atoms with van der Waals surface area (Å²) in [4.78, 5) is 4.26. The molecule has 2 aromatic rings. The zero-order chi connectivity index (χ0) is 18.8. The lowest BCUT2D eigenvalue weighted by Crippen LogP contribution is -2.01. The number of hydrogen-bond donors (Lipinski definition) is 0. The van der Waals surface area contributed by atoms with Gasteiger partial charge in [0.2, 0.25) is 0 Å². The van der Waals surface area contributed by atoms with Gasteiger partial charge in [-0.05, 0) is 44.4 Å². The highest BCUT2D eigenvalue weighted by Gasteiger charge is 2.03. The smallest absolute Gasteiger partial charge is 0.273 e. The first-order valence-corrected chi connectivity index (χ1v) is 10.2. The van der Waals surface area contributed by atoms with Crippen LogP contribution in [-0.4, -0.2) is 24.8 Å². The minimum Gasteiger partial charge on any atom is -0.493 e. The number of aromatic nitrogens is 1. The highest BCUT2D eigenvalue weighted by Crippen LogP contribution is 2.26. The van der Waals surface area contributed by atoms with Crippen LogP contribution in [0.2, 0.25) is 5.02 Å². The maximum atomic E-state index is 6.08. The number of ether oxygens (including phenoxy) is 3. The fraction of sp³-hybridized carbons (Fsp3) is 0.389. The molecule has 0 aliphatic heterocycles. The summed E-state index contributed by atoms with van der Waals surface area (Å²) in [5.41, 5.74) is 0.991. The Morgan fingerprint density at radius 3 is 2.38 bits per heavy atom. The highest BCUT2D eigenvalue weighted by molar-refractivity contribution is 7.11. The molecule has 0 atom stereocenters. The summed E-state index contributed by atoms with van der Waals surface area (Å²) in [5, 5.41) is 3.26. The Morgan fingerprint density at radius 1 is 1.04 bits per heavy atom. The molecule has 8 heteroatoms. The average molecular weight is 437 g/mol. The van der Waals surface area contributed by atoms with Crippen molar-refractivity contribution in [2.24, 2.45) is 0 Å². The second-order valence-corrected chi connectivity index (χ2v) is 7.70. The predicted molar refractivity (Wildman–Crippen MR) is 108 cm³/mol. The van der Waals surface area contributed by atoms with Gasteiger partial charge in [0, 0.05) is 16.5 Å². The summed E-state index contributed by atoms with van der Waals surface area (Å²) in [7, 11) is 0. The van der Waals surface area contributed by atoms with Crippen LogP contribution in [-0.2, 0) is 0 Å². The molecule has 2 rings (SSSR count). The van der Waals surface area contributed by atoms with Crippen LogP contribution in [0, 0.1) is 6.92 Å². The fourth-order valence-electron chi connectivity index (χ4n) is 2.03. The zero-order valence-electron chi connectivity index (χ0n) is 14.3. The Morgan fingerprint density at radius 2 is 1.73 bits per heavy atom. The molecule has 0 radical (unpaired) electrons. The van der Waals surface area contributed by atoms with Crippen LogP contribution in [0.5, 0.6) is 16.7 Å². The van der Waals surface area contributed by atoms with E-state index in [1.54, 1.807) is 24.3 Å². The third kappa shape index (κ3) is 8.49. The number of hydrogen-bond acceptors (Lipinski definition) is 5.